The van der Waals surface area contributed by atoms with Crippen molar-refractivity contribution in [3.63, 3.8) is 0 Å². The quantitative estimate of drug-likeness (QED) is 0.486. The van der Waals surface area contributed by atoms with Gasteiger partial charge in [0.05, 0.1) is 6.54 Å². The standard InChI is InChI=1S/C25H28FN7/c1-16-19(12-27-2)13-28-15-22(16)21-8-17-10-24(29-14-18(17)9-23(21)26)30-25-11-20-4-5-32(3)6-7-33(20)31-25/h8-11,13-15,27H,4-7,12H2,1-3H3,(H,29,30,31). The summed E-state index contributed by atoms with van der Waals surface area (Å²) in [5.74, 6) is 1.19. The highest BCUT2D eigenvalue weighted by molar-refractivity contribution is 5.89. The summed E-state index contributed by atoms with van der Waals surface area (Å²) in [6.07, 6.45) is 6.22. The Balaban J connectivity index is 1.47. The molecule has 0 spiro atoms. The van der Waals surface area contributed by atoms with Crippen LogP contribution in [0.4, 0.5) is 16.0 Å². The molecule has 33 heavy (non-hydrogen) atoms. The van der Waals surface area contributed by atoms with E-state index in [0.717, 1.165) is 59.3 Å². The molecule has 0 radical (unpaired) electrons. The molecule has 0 atom stereocenters. The molecule has 3 aromatic heterocycles. The number of halogens is 1. The number of fused-ring (bicyclic) bond motifs is 2. The zero-order valence-corrected chi connectivity index (χ0v) is 19.2. The Kier molecular flexibility index (Phi) is 5.78. The Hall–Kier alpha value is -3.36. The fraction of sp³-hybridized carbons (Fsp3) is 0.320. The van der Waals surface area contributed by atoms with Gasteiger partial charge in [-0.1, -0.05) is 0 Å². The molecule has 170 valence electrons. The molecule has 0 amide bonds. The Morgan fingerprint density at radius 2 is 1.85 bits per heavy atom. The molecule has 0 bridgehead atoms. The molecule has 1 aliphatic heterocycles. The van der Waals surface area contributed by atoms with Crippen LogP contribution in [0.15, 0.2) is 42.9 Å². The molecule has 5 rings (SSSR count). The normalized spacial score (nSPS) is 14.3. The number of pyridine rings is 2. The fourth-order valence-electron chi connectivity index (χ4n) is 4.37. The predicted octanol–water partition coefficient (Wildman–Crippen LogP) is 3.89. The number of benzene rings is 1. The van der Waals surface area contributed by atoms with Crippen molar-refractivity contribution in [3.8, 4) is 11.1 Å². The zero-order valence-electron chi connectivity index (χ0n) is 19.2. The number of anilines is 2. The average molecular weight is 446 g/mol. The van der Waals surface area contributed by atoms with Gasteiger partial charge < -0.3 is 15.5 Å². The van der Waals surface area contributed by atoms with E-state index >= 15 is 4.39 Å². The van der Waals surface area contributed by atoms with Crippen LogP contribution in [0.3, 0.4) is 0 Å². The van der Waals surface area contributed by atoms with E-state index in [1.807, 2.05) is 32.3 Å². The van der Waals surface area contributed by atoms with Gasteiger partial charge in [-0.3, -0.25) is 9.67 Å². The second-order valence-electron chi connectivity index (χ2n) is 8.67. The van der Waals surface area contributed by atoms with Crippen LogP contribution in [0.1, 0.15) is 16.8 Å². The van der Waals surface area contributed by atoms with Crippen molar-refractivity contribution in [3.05, 3.63) is 65.5 Å². The van der Waals surface area contributed by atoms with E-state index < -0.39 is 0 Å². The smallest absolute Gasteiger partial charge is 0.153 e. The minimum atomic E-state index is -0.278. The van der Waals surface area contributed by atoms with Crippen LogP contribution < -0.4 is 10.6 Å². The van der Waals surface area contributed by atoms with Crippen molar-refractivity contribution in [1.82, 2.24) is 30.0 Å². The van der Waals surface area contributed by atoms with Gasteiger partial charge in [-0.15, -0.1) is 0 Å². The largest absolute Gasteiger partial charge is 0.323 e. The lowest BCUT2D eigenvalue weighted by atomic mass is 9.97. The number of aromatic nitrogens is 4. The molecule has 8 heteroatoms. The highest BCUT2D eigenvalue weighted by Gasteiger charge is 2.15. The van der Waals surface area contributed by atoms with E-state index in [9.17, 15) is 0 Å². The first-order valence-electron chi connectivity index (χ1n) is 11.2. The predicted molar refractivity (Wildman–Crippen MR) is 129 cm³/mol. The van der Waals surface area contributed by atoms with Crippen LogP contribution in [0, 0.1) is 12.7 Å². The maximum Gasteiger partial charge on any atom is 0.153 e. The van der Waals surface area contributed by atoms with E-state index in [1.54, 1.807) is 18.5 Å². The lowest BCUT2D eigenvalue weighted by Gasteiger charge is -2.13. The number of likely N-dealkylation sites (N-methyl/N-ethyl adjacent to an activating group) is 1. The minimum Gasteiger partial charge on any atom is -0.323 e. The SMILES string of the molecule is CNCc1cncc(-c2cc3cc(Nc4cc5n(n4)CCN(C)CC5)ncc3cc2F)c1C. The summed E-state index contributed by atoms with van der Waals surface area (Å²) in [5, 5.41) is 12.8. The maximum absolute atomic E-state index is 15.0. The van der Waals surface area contributed by atoms with Crippen LogP contribution in [0.25, 0.3) is 21.9 Å². The molecule has 0 saturated heterocycles. The van der Waals surface area contributed by atoms with E-state index in [0.29, 0.717) is 17.9 Å². The zero-order chi connectivity index (χ0) is 22.9. The highest BCUT2D eigenvalue weighted by atomic mass is 19.1. The van der Waals surface area contributed by atoms with Gasteiger partial charge in [-0.25, -0.2) is 9.37 Å². The van der Waals surface area contributed by atoms with Crippen molar-refractivity contribution in [2.75, 3.05) is 32.5 Å². The van der Waals surface area contributed by atoms with Gasteiger partial charge in [0.2, 0.25) is 0 Å². The number of hydrogen-bond donors (Lipinski definition) is 2. The Morgan fingerprint density at radius 1 is 0.970 bits per heavy atom. The summed E-state index contributed by atoms with van der Waals surface area (Å²) in [7, 11) is 4.02. The summed E-state index contributed by atoms with van der Waals surface area (Å²) in [6.45, 7) is 5.58. The third kappa shape index (κ3) is 4.31. The fourth-order valence-corrected chi connectivity index (χ4v) is 4.37. The lowest BCUT2D eigenvalue weighted by Crippen LogP contribution is -2.21. The number of nitrogens with zero attached hydrogens (tertiary/aromatic N) is 5. The summed E-state index contributed by atoms with van der Waals surface area (Å²) in [4.78, 5) is 11.1. The van der Waals surface area contributed by atoms with Gasteiger partial charge in [-0.2, -0.15) is 5.10 Å². The molecule has 0 saturated carbocycles. The van der Waals surface area contributed by atoms with Crippen LogP contribution in [0.5, 0.6) is 0 Å². The molecule has 0 aliphatic carbocycles. The molecule has 1 aromatic carbocycles. The molecule has 0 fully saturated rings. The lowest BCUT2D eigenvalue weighted by molar-refractivity contribution is 0.337. The van der Waals surface area contributed by atoms with E-state index in [4.69, 9.17) is 5.10 Å². The summed E-state index contributed by atoms with van der Waals surface area (Å²) < 4.78 is 17.1. The summed E-state index contributed by atoms with van der Waals surface area (Å²) in [6, 6.07) is 7.45. The third-order valence-electron chi connectivity index (χ3n) is 6.35. The molecule has 0 unspecified atom stereocenters. The van der Waals surface area contributed by atoms with Crippen molar-refractivity contribution in [2.45, 2.75) is 26.4 Å². The third-order valence-corrected chi connectivity index (χ3v) is 6.35. The molecule has 1 aliphatic rings. The molecule has 4 heterocycles. The topological polar surface area (TPSA) is 70.9 Å². The first-order valence-corrected chi connectivity index (χ1v) is 11.2. The van der Waals surface area contributed by atoms with E-state index in [2.05, 4.69) is 43.3 Å². The van der Waals surface area contributed by atoms with Gasteiger partial charge in [0.25, 0.3) is 0 Å². The first-order chi connectivity index (χ1) is 16.0. The monoisotopic (exact) mass is 445 g/mol. The van der Waals surface area contributed by atoms with E-state index in [-0.39, 0.29) is 5.82 Å². The van der Waals surface area contributed by atoms with E-state index in [1.165, 1.54) is 5.69 Å². The van der Waals surface area contributed by atoms with Gasteiger partial charge in [0, 0.05) is 72.9 Å². The Bertz CT molecular complexity index is 1290. The summed E-state index contributed by atoms with van der Waals surface area (Å²) >= 11 is 0. The second-order valence-corrected chi connectivity index (χ2v) is 8.67. The molecular formula is C25H28FN7. The molecule has 4 aromatic rings. The van der Waals surface area contributed by atoms with Crippen LogP contribution in [0.2, 0.25) is 0 Å². The van der Waals surface area contributed by atoms with Gasteiger partial charge >= 0.3 is 0 Å². The molecule has 7 nitrogen and oxygen atoms in total. The first kappa shape index (κ1) is 21.5. The Morgan fingerprint density at radius 3 is 2.70 bits per heavy atom. The average Bonchev–Trinajstić information content (AvgIpc) is 3.10. The minimum absolute atomic E-state index is 0.278. The van der Waals surface area contributed by atoms with Gasteiger partial charge in [0.1, 0.15) is 11.6 Å². The highest BCUT2D eigenvalue weighted by Crippen LogP contribution is 2.31. The number of hydrogen-bond acceptors (Lipinski definition) is 6. The maximum atomic E-state index is 15.0. The second kappa shape index (κ2) is 8.88. The van der Waals surface area contributed by atoms with Crippen LogP contribution in [-0.4, -0.2) is 51.8 Å². The molecular weight excluding hydrogens is 417 g/mol. The summed E-state index contributed by atoms with van der Waals surface area (Å²) in [5.41, 5.74) is 4.64. The van der Waals surface area contributed by atoms with Crippen molar-refractivity contribution < 1.29 is 4.39 Å². The van der Waals surface area contributed by atoms with Crippen molar-refractivity contribution in [2.24, 2.45) is 0 Å². The molecule has 2 N–H and O–H groups in total. The van der Waals surface area contributed by atoms with Crippen LogP contribution in [-0.2, 0) is 19.5 Å². The number of rotatable bonds is 5. The van der Waals surface area contributed by atoms with Crippen LogP contribution >= 0.6 is 0 Å². The number of nitrogens with one attached hydrogen (secondary N) is 2. The van der Waals surface area contributed by atoms with Gasteiger partial charge in [0.15, 0.2) is 5.82 Å². The van der Waals surface area contributed by atoms with Crippen molar-refractivity contribution >= 4 is 22.4 Å². The van der Waals surface area contributed by atoms with Gasteiger partial charge in [-0.05, 0) is 55.7 Å². The Labute approximate surface area is 192 Å². The van der Waals surface area contributed by atoms with Crippen molar-refractivity contribution in [1.29, 1.82) is 0 Å².